The van der Waals surface area contributed by atoms with Crippen LogP contribution in [0.4, 0.5) is 0 Å². The van der Waals surface area contributed by atoms with Crippen LogP contribution in [-0.4, -0.2) is 61.2 Å². The Morgan fingerprint density at radius 2 is 1.45 bits per heavy atom. The Kier molecular flexibility index (Phi) is 11.5. The van der Waals surface area contributed by atoms with E-state index in [1.54, 1.807) is 0 Å². The summed E-state index contributed by atoms with van der Waals surface area (Å²) in [5.41, 5.74) is 0. The van der Waals surface area contributed by atoms with E-state index >= 15 is 0 Å². The summed E-state index contributed by atoms with van der Waals surface area (Å²) in [6.07, 6.45) is 1.28. The number of nitrogens with zero attached hydrogens (tertiary/aromatic N) is 2. The maximum atomic E-state index is 3.61. The minimum atomic E-state index is 0.575. The van der Waals surface area contributed by atoms with E-state index in [9.17, 15) is 0 Å². The average Bonchev–Trinajstić information content (AvgIpc) is 2.40. The molecule has 20 heavy (non-hydrogen) atoms. The van der Waals surface area contributed by atoms with E-state index in [0.717, 1.165) is 13.1 Å². The van der Waals surface area contributed by atoms with Gasteiger partial charge >= 0.3 is 0 Å². The van der Waals surface area contributed by atoms with Gasteiger partial charge < -0.3 is 10.2 Å². The Labute approximate surface area is 128 Å². The van der Waals surface area contributed by atoms with E-state index in [2.05, 4.69) is 63.6 Å². The zero-order valence-corrected chi connectivity index (χ0v) is 15.1. The lowest BCUT2D eigenvalue weighted by atomic mass is 10.0. The van der Waals surface area contributed by atoms with Crippen molar-refractivity contribution >= 4 is 0 Å². The zero-order chi connectivity index (χ0) is 15.5. The third kappa shape index (κ3) is 8.23. The monoisotopic (exact) mass is 285 g/mol. The quantitative estimate of drug-likeness (QED) is 0.594. The Morgan fingerprint density at radius 1 is 0.850 bits per heavy atom. The summed E-state index contributed by atoms with van der Waals surface area (Å²) in [7, 11) is 0. The van der Waals surface area contributed by atoms with Gasteiger partial charge in [0.25, 0.3) is 0 Å². The van der Waals surface area contributed by atoms with Crippen LogP contribution in [0, 0.1) is 5.92 Å². The number of likely N-dealkylation sites (N-methyl/N-ethyl adjacent to an activating group) is 1. The molecule has 0 spiro atoms. The highest BCUT2D eigenvalue weighted by Gasteiger charge is 2.20. The van der Waals surface area contributed by atoms with Gasteiger partial charge in [-0.1, -0.05) is 48.5 Å². The van der Waals surface area contributed by atoms with E-state index < -0.39 is 0 Å². The highest BCUT2D eigenvalue weighted by Crippen LogP contribution is 2.11. The molecule has 122 valence electrons. The van der Waals surface area contributed by atoms with Crippen LogP contribution in [0.2, 0.25) is 0 Å². The van der Waals surface area contributed by atoms with E-state index in [1.165, 1.54) is 32.6 Å². The SMILES string of the molecule is CCN(CC)CCCN(CC)C(CNC(C)C)C(C)C. The van der Waals surface area contributed by atoms with Gasteiger partial charge in [-0.15, -0.1) is 0 Å². The van der Waals surface area contributed by atoms with Gasteiger partial charge in [0.15, 0.2) is 0 Å². The average molecular weight is 286 g/mol. The molecule has 0 fully saturated rings. The Bertz CT molecular complexity index is 212. The molecule has 3 heteroatoms. The lowest BCUT2D eigenvalue weighted by Gasteiger charge is -2.35. The summed E-state index contributed by atoms with van der Waals surface area (Å²) in [6, 6.07) is 1.23. The van der Waals surface area contributed by atoms with Crippen LogP contribution in [-0.2, 0) is 0 Å². The minimum Gasteiger partial charge on any atom is -0.313 e. The first-order valence-corrected chi connectivity index (χ1v) is 8.65. The predicted octanol–water partition coefficient (Wildman–Crippen LogP) is 3.06. The molecular formula is C17H39N3. The van der Waals surface area contributed by atoms with Crippen molar-refractivity contribution in [2.45, 2.75) is 67.0 Å². The standard InChI is InChI=1S/C17H39N3/c1-8-19(9-2)12-11-13-20(10-3)17(15(4)5)14-18-16(6)7/h15-18H,8-14H2,1-7H3. The number of hydrogen-bond acceptors (Lipinski definition) is 3. The maximum Gasteiger partial charge on any atom is 0.0243 e. The second kappa shape index (κ2) is 11.5. The molecule has 0 aliphatic rings. The summed E-state index contributed by atoms with van der Waals surface area (Å²) < 4.78 is 0. The van der Waals surface area contributed by atoms with Crippen molar-refractivity contribution in [3.63, 3.8) is 0 Å². The molecule has 0 heterocycles. The van der Waals surface area contributed by atoms with Gasteiger partial charge in [0.1, 0.15) is 0 Å². The van der Waals surface area contributed by atoms with Gasteiger partial charge in [-0.2, -0.15) is 0 Å². The minimum absolute atomic E-state index is 0.575. The highest BCUT2D eigenvalue weighted by molar-refractivity contribution is 4.77. The fraction of sp³-hybridized carbons (Fsp3) is 1.00. The topological polar surface area (TPSA) is 18.5 Å². The molecule has 0 bridgehead atoms. The van der Waals surface area contributed by atoms with Crippen LogP contribution in [0.3, 0.4) is 0 Å². The van der Waals surface area contributed by atoms with Crippen LogP contribution in [0.5, 0.6) is 0 Å². The zero-order valence-electron chi connectivity index (χ0n) is 15.1. The molecule has 0 radical (unpaired) electrons. The molecule has 0 aromatic heterocycles. The van der Waals surface area contributed by atoms with Crippen molar-refractivity contribution in [1.82, 2.24) is 15.1 Å². The normalized spacial score (nSPS) is 13.9. The van der Waals surface area contributed by atoms with Gasteiger partial charge in [-0.3, -0.25) is 4.90 Å². The van der Waals surface area contributed by atoms with Crippen molar-refractivity contribution in [2.24, 2.45) is 5.92 Å². The van der Waals surface area contributed by atoms with Crippen molar-refractivity contribution in [3.8, 4) is 0 Å². The number of rotatable bonds is 12. The molecule has 0 saturated heterocycles. The summed E-state index contributed by atoms with van der Waals surface area (Å²) in [5.74, 6) is 0.703. The van der Waals surface area contributed by atoms with Crippen molar-refractivity contribution in [3.05, 3.63) is 0 Å². The molecule has 3 nitrogen and oxygen atoms in total. The third-order valence-corrected chi connectivity index (χ3v) is 4.19. The fourth-order valence-electron chi connectivity index (χ4n) is 2.74. The summed E-state index contributed by atoms with van der Waals surface area (Å²) in [6.45, 7) is 23.0. The molecule has 0 saturated carbocycles. The highest BCUT2D eigenvalue weighted by atomic mass is 15.2. The van der Waals surface area contributed by atoms with Crippen LogP contribution in [0.25, 0.3) is 0 Å². The van der Waals surface area contributed by atoms with E-state index in [0.29, 0.717) is 18.0 Å². The summed E-state index contributed by atoms with van der Waals surface area (Å²) in [5, 5.41) is 3.61. The van der Waals surface area contributed by atoms with E-state index in [4.69, 9.17) is 0 Å². The summed E-state index contributed by atoms with van der Waals surface area (Å²) >= 11 is 0. The van der Waals surface area contributed by atoms with Gasteiger partial charge in [0, 0.05) is 18.6 Å². The van der Waals surface area contributed by atoms with Crippen molar-refractivity contribution in [2.75, 3.05) is 39.3 Å². The second-order valence-corrected chi connectivity index (χ2v) is 6.38. The maximum absolute atomic E-state index is 3.61. The van der Waals surface area contributed by atoms with Crippen LogP contribution >= 0.6 is 0 Å². The molecule has 1 unspecified atom stereocenters. The molecule has 0 amide bonds. The van der Waals surface area contributed by atoms with Crippen LogP contribution < -0.4 is 5.32 Å². The van der Waals surface area contributed by atoms with Gasteiger partial charge in [0.2, 0.25) is 0 Å². The van der Waals surface area contributed by atoms with Crippen LogP contribution in [0.1, 0.15) is 54.9 Å². The molecular weight excluding hydrogens is 246 g/mol. The Morgan fingerprint density at radius 3 is 1.85 bits per heavy atom. The molecule has 0 aromatic carbocycles. The first-order chi connectivity index (χ1) is 9.46. The molecule has 0 rings (SSSR count). The fourth-order valence-corrected chi connectivity index (χ4v) is 2.74. The van der Waals surface area contributed by atoms with Crippen molar-refractivity contribution in [1.29, 1.82) is 0 Å². The van der Waals surface area contributed by atoms with Crippen molar-refractivity contribution < 1.29 is 0 Å². The molecule has 0 aliphatic carbocycles. The lowest BCUT2D eigenvalue weighted by molar-refractivity contribution is 0.147. The van der Waals surface area contributed by atoms with Gasteiger partial charge in [-0.25, -0.2) is 0 Å². The molecule has 1 N–H and O–H groups in total. The smallest absolute Gasteiger partial charge is 0.0243 e. The first kappa shape index (κ1) is 19.9. The van der Waals surface area contributed by atoms with E-state index in [1.807, 2.05) is 0 Å². The largest absolute Gasteiger partial charge is 0.313 e. The van der Waals surface area contributed by atoms with Gasteiger partial charge in [0.05, 0.1) is 0 Å². The Balaban J connectivity index is 4.29. The molecule has 1 atom stereocenters. The molecule has 0 aliphatic heterocycles. The molecule has 0 aromatic rings. The van der Waals surface area contributed by atoms with Crippen LogP contribution in [0.15, 0.2) is 0 Å². The second-order valence-electron chi connectivity index (χ2n) is 6.38. The number of nitrogens with one attached hydrogen (secondary N) is 1. The van der Waals surface area contributed by atoms with E-state index in [-0.39, 0.29) is 0 Å². The summed E-state index contributed by atoms with van der Waals surface area (Å²) in [4.78, 5) is 5.17. The lowest BCUT2D eigenvalue weighted by Crippen LogP contribution is -2.47. The third-order valence-electron chi connectivity index (χ3n) is 4.19. The Hall–Kier alpha value is -0.120. The predicted molar refractivity (Wildman–Crippen MR) is 91.4 cm³/mol. The number of hydrogen-bond donors (Lipinski definition) is 1. The first-order valence-electron chi connectivity index (χ1n) is 8.65. The van der Waals surface area contributed by atoms with Gasteiger partial charge in [-0.05, 0) is 45.1 Å².